The number of aryl methyl sites for hydroxylation is 2. The number of anilines is 4. The molecule has 2 atom stereocenters. The molecule has 14 rings (SSSR count). The van der Waals surface area contributed by atoms with Gasteiger partial charge in [-0.1, -0.05) is 83.1 Å². The standard InChI is InChI=1S/2C30H23N9O8/c31-21-22(24(41)23(21)40)32-11-13-2-1-3-14(8-13)12-33-27(43)20-10-19(35-28-38-47-30(45)39(20)28)26(42)34-18-7-5-15-9-16(4-6-17(15)18)25-36-29(44)46-37-25;31-21-22(24(41)23(21)40)32-11-13-2-1-3-14(8-13)12-33-26(42)19-10-20(39-28(35-19)38-47-30(39)45)27(43)34-18-7-5-15-9-16(4-6-17(15)18)25-36-29(44)46-37-25/h1-4,6,8-10,18,32H,5,7,11-12,31H2,(H,33,43)(H,34,42)(H,36,37,44);1-4,6,8-10,18,32H,5,7,11-12,31H2,(H,33,42)(H,34,43)(H,36,37,44)/t2*18-/m00/s1. The van der Waals surface area contributed by atoms with Crippen LogP contribution in [-0.4, -0.2) is 73.0 Å². The van der Waals surface area contributed by atoms with Crippen LogP contribution in [0.4, 0.5) is 22.7 Å². The average molecular weight is 1280 g/mol. The number of aromatic nitrogens is 10. The molecule has 0 spiro atoms. The number of amides is 4. The minimum absolute atomic E-state index is 0.0450. The molecule has 0 bridgehead atoms. The Hall–Kier alpha value is -13.3. The van der Waals surface area contributed by atoms with E-state index in [4.69, 9.17) is 20.5 Å². The fraction of sp³-hybridized carbons (Fsp3) is 0.167. The number of benzene rings is 4. The van der Waals surface area contributed by atoms with Gasteiger partial charge in [0, 0.05) is 37.3 Å². The number of carbonyl (C=O) groups excluding carboxylic acids is 4. The summed E-state index contributed by atoms with van der Waals surface area (Å²) in [6, 6.07) is 26.6. The first kappa shape index (κ1) is 59.7. The third kappa shape index (κ3) is 11.6. The molecule has 34 heteroatoms. The molecular weight excluding hydrogens is 1230 g/mol. The van der Waals surface area contributed by atoms with Crippen molar-refractivity contribution >= 4 is 57.9 Å². The second-order valence-electron chi connectivity index (χ2n) is 21.7. The summed E-state index contributed by atoms with van der Waals surface area (Å²) in [6.07, 6.45) is 2.43. The number of nitrogens with one attached hydrogen (secondary N) is 8. The van der Waals surface area contributed by atoms with Crippen molar-refractivity contribution in [2.75, 3.05) is 22.1 Å². The topological polar surface area (TPSA) is 499 Å². The van der Waals surface area contributed by atoms with Crippen molar-refractivity contribution in [2.24, 2.45) is 0 Å². The first-order valence-corrected chi connectivity index (χ1v) is 28.5. The molecule has 0 aliphatic heterocycles. The van der Waals surface area contributed by atoms with E-state index in [1.807, 2.05) is 24.3 Å². The lowest BCUT2D eigenvalue weighted by Crippen LogP contribution is -2.36. The van der Waals surface area contributed by atoms with Gasteiger partial charge in [0.2, 0.25) is 0 Å². The van der Waals surface area contributed by atoms with Gasteiger partial charge in [0.25, 0.3) is 56.9 Å². The molecule has 2 aliphatic carbocycles. The van der Waals surface area contributed by atoms with Crippen molar-refractivity contribution in [1.82, 2.24) is 70.6 Å². The van der Waals surface area contributed by atoms with Crippen LogP contribution in [0.3, 0.4) is 0 Å². The number of H-pyrrole nitrogens is 2. The Balaban J connectivity index is 0.000000171. The molecule has 0 unspecified atom stereocenters. The number of rotatable bonds is 18. The summed E-state index contributed by atoms with van der Waals surface area (Å²) in [7, 11) is 0. The Morgan fingerprint density at radius 1 is 0.479 bits per heavy atom. The number of carbonyl (C=O) groups is 4. The Labute approximate surface area is 520 Å². The summed E-state index contributed by atoms with van der Waals surface area (Å²) in [5.41, 5.74) is 15.4. The van der Waals surface area contributed by atoms with Crippen molar-refractivity contribution < 1.29 is 37.3 Å². The summed E-state index contributed by atoms with van der Waals surface area (Å²) in [4.78, 5) is 160. The van der Waals surface area contributed by atoms with Crippen molar-refractivity contribution in [3.8, 4) is 22.8 Å². The fourth-order valence-corrected chi connectivity index (χ4v) is 11.1. The second-order valence-corrected chi connectivity index (χ2v) is 21.7. The highest BCUT2D eigenvalue weighted by Crippen LogP contribution is 2.35. The van der Waals surface area contributed by atoms with Crippen LogP contribution in [0.5, 0.6) is 0 Å². The molecule has 6 aromatic carbocycles. The zero-order valence-electron chi connectivity index (χ0n) is 48.3. The van der Waals surface area contributed by atoms with E-state index in [9.17, 15) is 57.5 Å². The molecular formula is C60H46N18O16. The number of nitrogen functional groups attached to an aromatic ring is 2. The maximum atomic E-state index is 13.5. The van der Waals surface area contributed by atoms with Gasteiger partial charge in [0.1, 0.15) is 45.5 Å². The lowest BCUT2D eigenvalue weighted by Gasteiger charge is -2.15. The Morgan fingerprint density at radius 3 is 1.35 bits per heavy atom. The van der Waals surface area contributed by atoms with Gasteiger partial charge in [-0.05, 0) is 105 Å². The van der Waals surface area contributed by atoms with E-state index in [2.05, 4.69) is 81.5 Å². The van der Waals surface area contributed by atoms with Crippen molar-refractivity contribution in [3.05, 3.63) is 247 Å². The highest BCUT2D eigenvalue weighted by Gasteiger charge is 2.30. The van der Waals surface area contributed by atoms with Crippen LogP contribution in [0.2, 0.25) is 0 Å². The van der Waals surface area contributed by atoms with Crippen LogP contribution in [-0.2, 0) is 39.0 Å². The minimum atomic E-state index is -0.954. The SMILES string of the molecule is Nc1c(NCc2cccc(CNC(=O)c3cc(C(=O)N[C@H]4CCc5cc(-c6noc(=O)[nH]6)ccc54)n4c(=O)onc4n3)c2)c(=O)c1=O.Nc1c(NCc2cccc(CNC(=O)c3cc(C(=O)N[C@H]4CCc5cc(-c6noc(=O)[nH]6)ccc54)nc4noc(=O)n34)c2)c(=O)c1=O. The number of hydrogen-bond donors (Lipinski definition) is 10. The molecule has 12 N–H and O–H groups in total. The van der Waals surface area contributed by atoms with Crippen LogP contribution < -0.4 is 88.1 Å². The number of nitrogens with zero attached hydrogens (tertiary/aromatic N) is 8. The third-order valence-electron chi connectivity index (χ3n) is 15.8. The van der Waals surface area contributed by atoms with Gasteiger partial charge < -0.3 is 43.4 Å². The molecule has 0 saturated carbocycles. The molecule has 4 amide bonds. The van der Waals surface area contributed by atoms with Crippen LogP contribution >= 0.6 is 0 Å². The molecule has 12 aromatic rings. The van der Waals surface area contributed by atoms with E-state index in [-0.39, 0.29) is 95.1 Å². The first-order valence-electron chi connectivity index (χ1n) is 28.5. The lowest BCUT2D eigenvalue weighted by molar-refractivity contribution is 0.0918. The highest BCUT2D eigenvalue weighted by atomic mass is 16.5. The van der Waals surface area contributed by atoms with E-state index >= 15 is 0 Å². The molecule has 6 aromatic heterocycles. The van der Waals surface area contributed by atoms with Crippen molar-refractivity contribution in [3.63, 3.8) is 0 Å². The van der Waals surface area contributed by atoms with Gasteiger partial charge in [-0.3, -0.25) is 66.4 Å². The van der Waals surface area contributed by atoms with Gasteiger partial charge in [-0.25, -0.2) is 37.9 Å². The molecule has 0 radical (unpaired) electrons. The second kappa shape index (κ2) is 24.2. The molecule has 0 fully saturated rings. The maximum absolute atomic E-state index is 13.5. The molecule has 2 aliphatic rings. The Bertz CT molecular complexity index is 5490. The summed E-state index contributed by atoms with van der Waals surface area (Å²) in [6.45, 7) is 0.566. The zero-order chi connectivity index (χ0) is 65.6. The first-order chi connectivity index (χ1) is 45.3. The van der Waals surface area contributed by atoms with Crippen molar-refractivity contribution in [2.45, 2.75) is 63.9 Å². The highest BCUT2D eigenvalue weighted by molar-refractivity contribution is 5.99. The average Bonchev–Trinajstić information content (AvgIpc) is 1.39. The fourth-order valence-electron chi connectivity index (χ4n) is 11.1. The normalized spacial score (nSPS) is 13.9. The van der Waals surface area contributed by atoms with Crippen LogP contribution in [0, 0.1) is 0 Å². The quantitative estimate of drug-likeness (QED) is 0.0517. The molecule has 34 nitrogen and oxygen atoms in total. The number of nitrogens with two attached hydrogens (primary N) is 2. The molecule has 6 heterocycles. The van der Waals surface area contributed by atoms with Gasteiger partial charge in [0.15, 0.2) is 11.6 Å². The summed E-state index contributed by atoms with van der Waals surface area (Å²) in [5, 5.41) is 31.6. The summed E-state index contributed by atoms with van der Waals surface area (Å²) >= 11 is 0. The molecule has 472 valence electrons. The lowest BCUT2D eigenvalue weighted by atomic mass is 10.0. The van der Waals surface area contributed by atoms with E-state index in [1.54, 1.807) is 60.7 Å². The van der Waals surface area contributed by atoms with Gasteiger partial charge in [-0.15, -0.1) is 0 Å². The monoisotopic (exact) mass is 1270 g/mol. The van der Waals surface area contributed by atoms with Crippen molar-refractivity contribution in [1.29, 1.82) is 0 Å². The van der Waals surface area contributed by atoms with E-state index in [0.717, 1.165) is 42.2 Å². The van der Waals surface area contributed by atoms with Gasteiger partial charge in [0.05, 0.1) is 12.1 Å². The van der Waals surface area contributed by atoms with E-state index in [1.165, 1.54) is 12.1 Å². The number of hydrogen-bond acceptors (Lipinski definition) is 26. The Morgan fingerprint density at radius 2 is 0.904 bits per heavy atom. The third-order valence-corrected chi connectivity index (χ3v) is 15.8. The largest absolute Gasteiger partial charge is 0.448 e. The predicted octanol–water partition coefficient (Wildman–Crippen LogP) is 0.327. The smallest absolute Gasteiger partial charge is 0.394 e. The van der Waals surface area contributed by atoms with Gasteiger partial charge in [-0.2, -0.15) is 0 Å². The number of fused-ring (bicyclic) bond motifs is 4. The van der Waals surface area contributed by atoms with Crippen LogP contribution in [0.25, 0.3) is 34.3 Å². The van der Waals surface area contributed by atoms with E-state index < -0.39 is 74.4 Å². The summed E-state index contributed by atoms with van der Waals surface area (Å²) in [5.74, 6) is -5.76. The number of aromatic amines is 2. The van der Waals surface area contributed by atoms with Crippen LogP contribution in [0.1, 0.15) is 111 Å². The molecule has 94 heavy (non-hydrogen) atoms. The minimum Gasteiger partial charge on any atom is -0.394 e. The van der Waals surface area contributed by atoms with Crippen LogP contribution in [0.15, 0.2) is 154 Å². The maximum Gasteiger partial charge on any atom is 0.448 e. The molecule has 0 saturated heterocycles. The van der Waals surface area contributed by atoms with Gasteiger partial charge >= 0.3 is 23.0 Å². The zero-order valence-corrected chi connectivity index (χ0v) is 48.3. The predicted molar refractivity (Wildman–Crippen MR) is 327 cm³/mol. The Kier molecular flexibility index (Phi) is 15.4. The van der Waals surface area contributed by atoms with E-state index in [0.29, 0.717) is 53.8 Å². The summed E-state index contributed by atoms with van der Waals surface area (Å²) < 4.78 is 20.3.